The number of hydrogen-bond acceptors (Lipinski definition) is 6. The predicted octanol–water partition coefficient (Wildman–Crippen LogP) is 4.16. The molecule has 3 heterocycles. The Hall–Kier alpha value is -3.81. The maximum Gasteiger partial charge on any atom is 0.276 e. The van der Waals surface area contributed by atoms with Gasteiger partial charge >= 0.3 is 0 Å². The lowest BCUT2D eigenvalue weighted by Gasteiger charge is -2.31. The average Bonchev–Trinajstić information content (AvgIpc) is 3.51. The van der Waals surface area contributed by atoms with E-state index in [9.17, 15) is 9.59 Å². The highest BCUT2D eigenvalue weighted by Crippen LogP contribution is 2.33. The molecule has 1 aromatic heterocycles. The number of aryl methyl sites for hydroxylation is 3. The summed E-state index contributed by atoms with van der Waals surface area (Å²) in [6.07, 6.45) is 1.50. The van der Waals surface area contributed by atoms with Crippen LogP contribution in [-0.2, 0) is 11.3 Å². The zero-order chi connectivity index (χ0) is 24.5. The van der Waals surface area contributed by atoms with Gasteiger partial charge in [-0.05, 0) is 62.4 Å². The van der Waals surface area contributed by atoms with E-state index in [1.165, 1.54) is 5.56 Å². The van der Waals surface area contributed by atoms with Crippen LogP contribution in [0.1, 0.15) is 45.6 Å². The van der Waals surface area contributed by atoms with Crippen molar-refractivity contribution in [2.75, 3.05) is 19.9 Å². The Morgan fingerprint density at radius 2 is 1.83 bits per heavy atom. The van der Waals surface area contributed by atoms with Crippen molar-refractivity contribution < 1.29 is 23.6 Å². The Balaban J connectivity index is 1.22. The predicted molar refractivity (Wildman–Crippen MR) is 129 cm³/mol. The van der Waals surface area contributed by atoms with E-state index in [-0.39, 0.29) is 30.2 Å². The second-order valence-corrected chi connectivity index (χ2v) is 9.35. The van der Waals surface area contributed by atoms with Crippen LogP contribution in [0.3, 0.4) is 0 Å². The molecule has 5 rings (SSSR count). The number of carbonyl (C=O) groups excluding carboxylic acids is 2. The first kappa shape index (κ1) is 23.0. The molecule has 1 fully saturated rings. The van der Waals surface area contributed by atoms with Gasteiger partial charge in [0.1, 0.15) is 0 Å². The van der Waals surface area contributed by atoms with Crippen molar-refractivity contribution in [3.05, 3.63) is 64.3 Å². The van der Waals surface area contributed by atoms with Crippen LogP contribution in [0.4, 0.5) is 0 Å². The van der Waals surface area contributed by atoms with Crippen molar-refractivity contribution in [2.24, 2.45) is 5.92 Å². The number of benzene rings is 2. The number of piperidine rings is 1. The summed E-state index contributed by atoms with van der Waals surface area (Å²) in [7, 11) is 0. The minimum absolute atomic E-state index is 0.0630. The van der Waals surface area contributed by atoms with Gasteiger partial charge in [-0.1, -0.05) is 28.9 Å². The van der Waals surface area contributed by atoms with Gasteiger partial charge in [0.25, 0.3) is 5.91 Å². The topological polar surface area (TPSA) is 93.9 Å². The summed E-state index contributed by atoms with van der Waals surface area (Å²) in [5, 5.41) is 7.05. The minimum Gasteiger partial charge on any atom is -0.454 e. The van der Waals surface area contributed by atoms with E-state index in [0.717, 1.165) is 35.1 Å². The summed E-state index contributed by atoms with van der Waals surface area (Å²) in [5.41, 5.74) is 5.49. The Kier molecular flexibility index (Phi) is 6.19. The zero-order valence-corrected chi connectivity index (χ0v) is 20.2. The molecule has 35 heavy (non-hydrogen) atoms. The molecule has 1 N–H and O–H groups in total. The SMILES string of the molecule is Cc1cc(C)c(-c2cc(C(=O)N3CCC[C@@H](C(=O)NCc4ccc5c(c4)OCO5)C3)no2)c(C)c1. The van der Waals surface area contributed by atoms with Crippen LogP contribution >= 0.6 is 0 Å². The highest BCUT2D eigenvalue weighted by atomic mass is 16.7. The van der Waals surface area contributed by atoms with Gasteiger partial charge in [0, 0.05) is 31.3 Å². The molecular formula is C27H29N3O5. The van der Waals surface area contributed by atoms with Gasteiger partial charge in [0.2, 0.25) is 12.7 Å². The second kappa shape index (κ2) is 9.44. The van der Waals surface area contributed by atoms with Crippen molar-refractivity contribution in [2.45, 2.75) is 40.2 Å². The van der Waals surface area contributed by atoms with Crippen molar-refractivity contribution in [3.8, 4) is 22.8 Å². The minimum atomic E-state index is -0.269. The first-order valence-electron chi connectivity index (χ1n) is 11.9. The molecule has 0 aliphatic carbocycles. The molecule has 2 amide bonds. The first-order chi connectivity index (χ1) is 16.9. The zero-order valence-electron chi connectivity index (χ0n) is 20.2. The molecule has 0 unspecified atom stereocenters. The molecule has 0 bridgehead atoms. The Labute approximate surface area is 204 Å². The Morgan fingerprint density at radius 1 is 1.06 bits per heavy atom. The standard InChI is InChI=1S/C27H29N3O5/c1-16-9-17(2)25(18(3)10-16)24-12-21(29-35-24)27(32)30-8-4-5-20(14-30)26(31)28-13-19-6-7-22-23(11-19)34-15-33-22/h6-7,9-12,20H,4-5,8,13-15H2,1-3H3,(H,28,31)/t20-/m1/s1. The molecule has 0 saturated carbocycles. The molecule has 1 saturated heterocycles. The maximum absolute atomic E-state index is 13.2. The molecule has 182 valence electrons. The number of aromatic nitrogens is 1. The number of rotatable bonds is 5. The fourth-order valence-electron chi connectivity index (χ4n) is 4.98. The Morgan fingerprint density at radius 3 is 2.63 bits per heavy atom. The molecule has 8 heteroatoms. The molecule has 2 aliphatic heterocycles. The number of hydrogen-bond donors (Lipinski definition) is 1. The van der Waals surface area contributed by atoms with E-state index >= 15 is 0 Å². The monoisotopic (exact) mass is 475 g/mol. The van der Waals surface area contributed by atoms with Crippen LogP contribution in [0, 0.1) is 26.7 Å². The number of ether oxygens (including phenoxy) is 2. The van der Waals surface area contributed by atoms with Crippen LogP contribution in [0.15, 0.2) is 40.9 Å². The van der Waals surface area contributed by atoms with Gasteiger partial charge < -0.3 is 24.2 Å². The van der Waals surface area contributed by atoms with Gasteiger partial charge in [0.05, 0.1) is 5.92 Å². The molecule has 1 atom stereocenters. The lowest BCUT2D eigenvalue weighted by molar-refractivity contribution is -0.126. The number of amides is 2. The van der Waals surface area contributed by atoms with Crippen molar-refractivity contribution in [3.63, 3.8) is 0 Å². The third kappa shape index (κ3) is 4.73. The van der Waals surface area contributed by atoms with E-state index in [2.05, 4.69) is 29.5 Å². The van der Waals surface area contributed by atoms with Crippen molar-refractivity contribution in [1.82, 2.24) is 15.4 Å². The maximum atomic E-state index is 13.2. The van der Waals surface area contributed by atoms with Crippen LogP contribution in [0.5, 0.6) is 11.5 Å². The lowest BCUT2D eigenvalue weighted by atomic mass is 9.96. The van der Waals surface area contributed by atoms with Gasteiger partial charge in [-0.25, -0.2) is 0 Å². The third-order valence-corrected chi connectivity index (χ3v) is 6.64. The summed E-state index contributed by atoms with van der Waals surface area (Å²) in [5.74, 6) is 1.44. The highest BCUT2D eigenvalue weighted by Gasteiger charge is 2.30. The molecular weight excluding hydrogens is 446 g/mol. The van der Waals surface area contributed by atoms with Crippen LogP contribution in [-0.4, -0.2) is 41.8 Å². The molecule has 2 aliphatic rings. The van der Waals surface area contributed by atoms with E-state index in [4.69, 9.17) is 14.0 Å². The van der Waals surface area contributed by atoms with Crippen LogP contribution in [0.25, 0.3) is 11.3 Å². The highest BCUT2D eigenvalue weighted by molar-refractivity contribution is 5.94. The summed E-state index contributed by atoms with van der Waals surface area (Å²) >= 11 is 0. The Bertz CT molecular complexity index is 1260. The number of carbonyl (C=O) groups is 2. The van der Waals surface area contributed by atoms with Gasteiger partial charge in [0.15, 0.2) is 23.0 Å². The lowest BCUT2D eigenvalue weighted by Crippen LogP contribution is -2.45. The first-order valence-corrected chi connectivity index (χ1v) is 11.9. The van der Waals surface area contributed by atoms with Gasteiger partial charge in [-0.15, -0.1) is 0 Å². The summed E-state index contributed by atoms with van der Waals surface area (Å²) in [6.45, 7) is 7.66. The number of likely N-dealkylation sites (tertiary alicyclic amines) is 1. The molecule has 0 radical (unpaired) electrons. The molecule has 0 spiro atoms. The van der Waals surface area contributed by atoms with E-state index in [0.29, 0.717) is 36.9 Å². The molecule has 8 nitrogen and oxygen atoms in total. The summed E-state index contributed by atoms with van der Waals surface area (Å²) < 4.78 is 16.3. The quantitative estimate of drug-likeness (QED) is 0.596. The van der Waals surface area contributed by atoms with Crippen LogP contribution < -0.4 is 14.8 Å². The van der Waals surface area contributed by atoms with Gasteiger partial charge in [-0.2, -0.15) is 0 Å². The normalized spacial score (nSPS) is 16.9. The molecule has 3 aromatic rings. The van der Waals surface area contributed by atoms with E-state index in [1.807, 2.05) is 32.0 Å². The van der Waals surface area contributed by atoms with Crippen molar-refractivity contribution in [1.29, 1.82) is 0 Å². The summed E-state index contributed by atoms with van der Waals surface area (Å²) in [4.78, 5) is 27.7. The fraction of sp³-hybridized carbons (Fsp3) is 0.370. The smallest absolute Gasteiger partial charge is 0.276 e. The van der Waals surface area contributed by atoms with E-state index < -0.39 is 0 Å². The van der Waals surface area contributed by atoms with Gasteiger partial charge in [-0.3, -0.25) is 9.59 Å². The second-order valence-electron chi connectivity index (χ2n) is 9.35. The number of nitrogens with one attached hydrogen (secondary N) is 1. The number of nitrogens with zero attached hydrogens (tertiary/aromatic N) is 2. The van der Waals surface area contributed by atoms with Crippen LogP contribution in [0.2, 0.25) is 0 Å². The average molecular weight is 476 g/mol. The fourth-order valence-corrected chi connectivity index (χ4v) is 4.98. The molecule has 2 aromatic carbocycles. The summed E-state index contributed by atoms with van der Waals surface area (Å²) in [6, 6.07) is 11.5. The largest absolute Gasteiger partial charge is 0.454 e. The number of fused-ring (bicyclic) bond motifs is 1. The van der Waals surface area contributed by atoms with E-state index in [1.54, 1.807) is 11.0 Å². The van der Waals surface area contributed by atoms with Crippen molar-refractivity contribution >= 4 is 11.8 Å². The third-order valence-electron chi connectivity index (χ3n) is 6.64.